The molecule has 2 unspecified atom stereocenters. The zero-order valence-electron chi connectivity index (χ0n) is 21.5. The summed E-state index contributed by atoms with van der Waals surface area (Å²) < 4.78 is 16.2. The fraction of sp³-hybridized carbons (Fsp3) is 0.423. The third kappa shape index (κ3) is 7.66. The highest BCUT2D eigenvalue weighted by molar-refractivity contribution is 6.30. The minimum atomic E-state index is -0.957. The minimum absolute atomic E-state index is 0.0341. The number of pyridine rings is 1. The van der Waals surface area contributed by atoms with Gasteiger partial charge in [0, 0.05) is 11.2 Å². The summed E-state index contributed by atoms with van der Waals surface area (Å²) in [6.07, 6.45) is -1.22. The van der Waals surface area contributed by atoms with Crippen molar-refractivity contribution in [1.82, 2.24) is 10.3 Å². The van der Waals surface area contributed by atoms with Crippen LogP contribution in [0.4, 0.5) is 15.4 Å². The molecule has 0 spiro atoms. The third-order valence-corrected chi connectivity index (χ3v) is 5.16. The topological polar surface area (TPSA) is 124 Å². The number of carbonyl (C=O) groups excluding carboxylic acids is 4. The quantitative estimate of drug-likeness (QED) is 0.329. The van der Waals surface area contributed by atoms with Crippen LogP contribution >= 0.6 is 11.6 Å². The number of rotatable bonds is 5. The molecule has 2 aromatic rings. The van der Waals surface area contributed by atoms with Crippen LogP contribution in [0, 0.1) is 5.92 Å². The molecular weight excluding hydrogens is 502 g/mol. The molecule has 0 saturated carbocycles. The Morgan fingerprint density at radius 1 is 1.00 bits per heavy atom. The lowest BCUT2D eigenvalue weighted by atomic mass is 9.91. The summed E-state index contributed by atoms with van der Waals surface area (Å²) in [6.45, 7) is 10.0. The number of esters is 1. The molecule has 1 fully saturated rings. The molecule has 1 aliphatic heterocycles. The summed E-state index contributed by atoms with van der Waals surface area (Å²) in [5, 5.41) is 2.95. The van der Waals surface area contributed by atoms with E-state index < -0.39 is 41.5 Å². The van der Waals surface area contributed by atoms with E-state index in [0.717, 1.165) is 0 Å². The van der Waals surface area contributed by atoms with E-state index in [1.807, 2.05) is 0 Å². The van der Waals surface area contributed by atoms with Crippen LogP contribution in [0.25, 0.3) is 0 Å². The Balaban J connectivity index is 1.79. The number of nitrogens with one attached hydrogen (secondary N) is 1. The number of nitrogens with zero attached hydrogens (tertiary/aromatic N) is 2. The van der Waals surface area contributed by atoms with E-state index in [1.54, 1.807) is 65.8 Å². The fourth-order valence-corrected chi connectivity index (χ4v) is 3.53. The SMILES string of the molecule is CC(C)(C)OC(=O)N(C(=O)OC(C)(C)C)c1cc(CC2C(=O)NC2OC(=O)c2cccc(Cl)c2)ccn1. The molecule has 1 saturated heterocycles. The van der Waals surface area contributed by atoms with Crippen LogP contribution in [0.3, 0.4) is 0 Å². The van der Waals surface area contributed by atoms with Gasteiger partial charge in [-0.05, 0) is 83.9 Å². The van der Waals surface area contributed by atoms with E-state index in [9.17, 15) is 19.2 Å². The van der Waals surface area contributed by atoms with Gasteiger partial charge in [0.25, 0.3) is 0 Å². The molecule has 37 heavy (non-hydrogen) atoms. The Kier molecular flexibility index (Phi) is 8.12. The van der Waals surface area contributed by atoms with Crippen LogP contribution in [0.2, 0.25) is 5.02 Å². The Morgan fingerprint density at radius 3 is 2.16 bits per heavy atom. The number of ether oxygens (including phenoxy) is 3. The maximum absolute atomic E-state index is 12.9. The number of hydrogen-bond donors (Lipinski definition) is 1. The summed E-state index contributed by atoms with van der Waals surface area (Å²) in [5.41, 5.74) is -0.923. The van der Waals surface area contributed by atoms with E-state index in [0.29, 0.717) is 15.5 Å². The van der Waals surface area contributed by atoms with Crippen LogP contribution in [0.1, 0.15) is 57.5 Å². The summed E-state index contributed by atoms with van der Waals surface area (Å²) in [5.74, 6) is -1.66. The van der Waals surface area contributed by atoms with Crippen LogP contribution in [-0.2, 0) is 25.4 Å². The van der Waals surface area contributed by atoms with Crippen molar-refractivity contribution < 1.29 is 33.4 Å². The van der Waals surface area contributed by atoms with Crippen molar-refractivity contribution in [2.45, 2.75) is 65.4 Å². The molecule has 0 radical (unpaired) electrons. The predicted molar refractivity (Wildman–Crippen MR) is 135 cm³/mol. The first-order valence-electron chi connectivity index (χ1n) is 11.6. The normalized spacial score (nSPS) is 17.2. The Labute approximate surface area is 220 Å². The maximum Gasteiger partial charge on any atom is 0.425 e. The summed E-state index contributed by atoms with van der Waals surface area (Å²) in [4.78, 5) is 55.4. The molecule has 1 aromatic heterocycles. The predicted octanol–water partition coefficient (Wildman–Crippen LogP) is 4.88. The number of β-lactam (4-membered cyclic amide) rings is 1. The molecular formula is C26H30ClN3O7. The van der Waals surface area contributed by atoms with Crippen molar-refractivity contribution in [3.63, 3.8) is 0 Å². The second kappa shape index (κ2) is 10.8. The van der Waals surface area contributed by atoms with Gasteiger partial charge in [-0.2, -0.15) is 4.90 Å². The molecule has 2 heterocycles. The fourth-order valence-electron chi connectivity index (χ4n) is 3.34. The number of carbonyl (C=O) groups is 4. The lowest BCUT2D eigenvalue weighted by molar-refractivity contribution is -0.147. The summed E-state index contributed by atoms with van der Waals surface area (Å²) in [6, 6.07) is 9.39. The molecule has 3 rings (SSSR count). The minimum Gasteiger partial charge on any atom is -0.443 e. The van der Waals surface area contributed by atoms with E-state index in [4.69, 9.17) is 25.8 Å². The second-order valence-electron chi connectivity index (χ2n) is 10.5. The van der Waals surface area contributed by atoms with Gasteiger partial charge in [-0.3, -0.25) is 4.79 Å². The molecule has 198 valence electrons. The van der Waals surface area contributed by atoms with Crippen molar-refractivity contribution in [2.75, 3.05) is 4.90 Å². The summed E-state index contributed by atoms with van der Waals surface area (Å²) in [7, 11) is 0. The van der Waals surface area contributed by atoms with E-state index in [1.165, 1.54) is 18.3 Å². The first-order valence-corrected chi connectivity index (χ1v) is 12.0. The molecule has 1 aliphatic rings. The molecule has 0 bridgehead atoms. The van der Waals surface area contributed by atoms with Gasteiger partial charge in [0.1, 0.15) is 17.0 Å². The van der Waals surface area contributed by atoms with Gasteiger partial charge in [0.15, 0.2) is 6.23 Å². The molecule has 1 aromatic carbocycles. The number of hydrogen-bond acceptors (Lipinski definition) is 8. The largest absolute Gasteiger partial charge is 0.443 e. The van der Waals surface area contributed by atoms with Crippen LogP contribution in [0.5, 0.6) is 0 Å². The lowest BCUT2D eigenvalue weighted by Gasteiger charge is -2.36. The van der Waals surface area contributed by atoms with Gasteiger partial charge < -0.3 is 19.5 Å². The molecule has 11 heteroatoms. The number of aromatic nitrogens is 1. The van der Waals surface area contributed by atoms with Gasteiger partial charge in [-0.25, -0.2) is 19.4 Å². The molecule has 3 amide bonds. The summed E-state index contributed by atoms with van der Waals surface area (Å²) >= 11 is 5.93. The van der Waals surface area contributed by atoms with Gasteiger partial charge in [0.05, 0.1) is 11.5 Å². The number of halogens is 1. The smallest absolute Gasteiger partial charge is 0.425 e. The first kappa shape index (κ1) is 27.9. The average molecular weight is 532 g/mol. The lowest BCUT2D eigenvalue weighted by Crippen LogP contribution is -2.60. The number of anilines is 1. The highest BCUT2D eigenvalue weighted by Crippen LogP contribution is 2.26. The Hall–Kier alpha value is -3.66. The second-order valence-corrected chi connectivity index (χ2v) is 10.9. The van der Waals surface area contributed by atoms with Gasteiger partial charge in [0.2, 0.25) is 5.91 Å². The standard InChI is InChI=1S/C26H30ClN3O7/c1-25(2,3)36-23(33)30(24(34)37-26(4,5)6)19-13-15(10-11-28-19)12-18-20(31)29-21(18)35-22(32)16-8-7-9-17(27)14-16/h7-11,13-14,18,21H,12H2,1-6H3,(H,29,31). The van der Waals surface area contributed by atoms with Gasteiger partial charge in [-0.15, -0.1) is 0 Å². The first-order chi connectivity index (χ1) is 17.1. The van der Waals surface area contributed by atoms with Crippen LogP contribution in [0.15, 0.2) is 42.6 Å². The maximum atomic E-state index is 12.9. The van der Waals surface area contributed by atoms with Crippen LogP contribution < -0.4 is 10.2 Å². The molecule has 1 N–H and O–H groups in total. The molecule has 2 atom stereocenters. The highest BCUT2D eigenvalue weighted by Gasteiger charge is 2.42. The Bertz CT molecular complexity index is 1180. The number of amides is 3. The zero-order chi connectivity index (χ0) is 27.5. The van der Waals surface area contributed by atoms with Crippen molar-refractivity contribution in [3.8, 4) is 0 Å². The third-order valence-electron chi connectivity index (χ3n) is 4.93. The van der Waals surface area contributed by atoms with Crippen molar-refractivity contribution in [1.29, 1.82) is 0 Å². The Morgan fingerprint density at radius 2 is 1.62 bits per heavy atom. The van der Waals surface area contributed by atoms with Gasteiger partial charge in [-0.1, -0.05) is 17.7 Å². The molecule has 10 nitrogen and oxygen atoms in total. The van der Waals surface area contributed by atoms with Crippen molar-refractivity contribution in [2.24, 2.45) is 5.92 Å². The van der Waals surface area contributed by atoms with Gasteiger partial charge >= 0.3 is 18.2 Å². The highest BCUT2D eigenvalue weighted by atomic mass is 35.5. The van der Waals surface area contributed by atoms with Crippen LogP contribution in [-0.4, -0.2) is 46.5 Å². The molecule has 0 aliphatic carbocycles. The number of imide groups is 1. The van der Waals surface area contributed by atoms with E-state index >= 15 is 0 Å². The average Bonchev–Trinajstić information content (AvgIpc) is 2.75. The number of benzene rings is 1. The van der Waals surface area contributed by atoms with E-state index in [2.05, 4.69) is 10.3 Å². The van der Waals surface area contributed by atoms with E-state index in [-0.39, 0.29) is 23.7 Å². The van der Waals surface area contributed by atoms with Crippen molar-refractivity contribution in [3.05, 3.63) is 58.7 Å². The zero-order valence-corrected chi connectivity index (χ0v) is 22.3. The van der Waals surface area contributed by atoms with Crippen molar-refractivity contribution >= 4 is 41.5 Å². The monoisotopic (exact) mass is 531 g/mol.